The molecule has 1 saturated heterocycles. The summed E-state index contributed by atoms with van der Waals surface area (Å²) in [6.45, 7) is 3.04. The van der Waals surface area contributed by atoms with Gasteiger partial charge in [0.2, 0.25) is 11.8 Å². The maximum absolute atomic E-state index is 13.1. The molecular weight excluding hydrogens is 325 g/mol. The second-order valence-corrected chi connectivity index (χ2v) is 6.05. The third kappa shape index (κ3) is 4.35. The summed E-state index contributed by atoms with van der Waals surface area (Å²) in [5.41, 5.74) is 0. The fourth-order valence-corrected chi connectivity index (χ4v) is 2.99. The first-order valence-electron chi connectivity index (χ1n) is 8.67. The highest BCUT2D eigenvalue weighted by Gasteiger charge is 2.32. The minimum Gasteiger partial charge on any atom is -0.493 e. The van der Waals surface area contributed by atoms with Crippen LogP contribution in [0.1, 0.15) is 50.4 Å². The number of carbonyl (C=O) groups is 1. The Bertz CT molecular complexity index is 719. The van der Waals surface area contributed by atoms with Crippen LogP contribution < -0.4 is 4.74 Å². The molecule has 0 radical (unpaired) electrons. The first-order valence-corrected chi connectivity index (χ1v) is 8.67. The number of ether oxygens (including phenoxy) is 1. The molecule has 2 heterocycles. The van der Waals surface area contributed by atoms with E-state index in [0.717, 1.165) is 12.8 Å². The molecule has 1 aliphatic rings. The summed E-state index contributed by atoms with van der Waals surface area (Å²) in [7, 11) is 0. The van der Waals surface area contributed by atoms with Crippen LogP contribution in [0.5, 0.6) is 5.75 Å². The van der Waals surface area contributed by atoms with Gasteiger partial charge in [-0.2, -0.15) is 4.98 Å². The van der Waals surface area contributed by atoms with Gasteiger partial charge in [0.1, 0.15) is 11.6 Å². The number of aromatic nitrogens is 2. The Labute approximate surface area is 146 Å². The normalized spacial score (nSPS) is 17.0. The van der Waals surface area contributed by atoms with Crippen molar-refractivity contribution in [1.29, 1.82) is 0 Å². The average molecular weight is 347 g/mol. The first-order chi connectivity index (χ1) is 12.2. The number of hydrogen-bond donors (Lipinski definition) is 0. The van der Waals surface area contributed by atoms with Crippen LogP contribution >= 0.6 is 0 Å². The van der Waals surface area contributed by atoms with Crippen LogP contribution in [0, 0.1) is 5.82 Å². The van der Waals surface area contributed by atoms with Gasteiger partial charge in [0.05, 0.1) is 12.6 Å². The highest BCUT2D eigenvalue weighted by Crippen LogP contribution is 2.30. The molecular formula is C18H22FN3O3. The molecule has 25 heavy (non-hydrogen) atoms. The topological polar surface area (TPSA) is 68.5 Å². The largest absolute Gasteiger partial charge is 0.493 e. The SMILES string of the molecule is CCc1nc([C@@H]2CCCN2C(=O)CCCOc2cccc(F)c2)no1. The summed E-state index contributed by atoms with van der Waals surface area (Å²) >= 11 is 0. The van der Waals surface area contributed by atoms with Crippen LogP contribution in [0.25, 0.3) is 0 Å². The van der Waals surface area contributed by atoms with Gasteiger partial charge in [-0.25, -0.2) is 4.39 Å². The molecule has 0 saturated carbocycles. The first kappa shape index (κ1) is 17.4. The Morgan fingerprint density at radius 1 is 1.48 bits per heavy atom. The van der Waals surface area contributed by atoms with Crippen molar-refractivity contribution in [3.63, 3.8) is 0 Å². The molecule has 1 fully saturated rings. The van der Waals surface area contributed by atoms with Gasteiger partial charge in [0.15, 0.2) is 5.82 Å². The highest BCUT2D eigenvalue weighted by molar-refractivity contribution is 5.76. The Hall–Kier alpha value is -2.44. The predicted octanol–water partition coefficient (Wildman–Crippen LogP) is 3.29. The van der Waals surface area contributed by atoms with E-state index >= 15 is 0 Å². The Kier molecular flexibility index (Phi) is 5.63. The van der Waals surface area contributed by atoms with E-state index in [-0.39, 0.29) is 17.8 Å². The summed E-state index contributed by atoms with van der Waals surface area (Å²) in [4.78, 5) is 18.7. The van der Waals surface area contributed by atoms with Crippen molar-refractivity contribution in [2.45, 2.75) is 45.1 Å². The van der Waals surface area contributed by atoms with Gasteiger partial charge in [0.25, 0.3) is 0 Å². The van der Waals surface area contributed by atoms with Gasteiger partial charge in [-0.05, 0) is 31.4 Å². The Morgan fingerprint density at radius 3 is 3.12 bits per heavy atom. The van der Waals surface area contributed by atoms with E-state index in [1.165, 1.54) is 12.1 Å². The fourth-order valence-electron chi connectivity index (χ4n) is 2.99. The third-order valence-electron chi connectivity index (χ3n) is 4.26. The molecule has 0 unspecified atom stereocenters. The van der Waals surface area contributed by atoms with Crippen molar-refractivity contribution >= 4 is 5.91 Å². The molecule has 1 amide bonds. The van der Waals surface area contributed by atoms with E-state index in [1.807, 2.05) is 11.8 Å². The standard InChI is InChI=1S/C18H22FN3O3/c1-2-16-20-18(21-25-16)15-8-4-10-22(15)17(23)9-5-11-24-14-7-3-6-13(19)12-14/h3,6-7,12,15H,2,4-5,8-11H2,1H3/t15-/m0/s1. The van der Waals surface area contributed by atoms with Crippen molar-refractivity contribution in [2.24, 2.45) is 0 Å². The molecule has 1 aliphatic heterocycles. The van der Waals surface area contributed by atoms with Crippen LogP contribution in [0.15, 0.2) is 28.8 Å². The van der Waals surface area contributed by atoms with Crippen molar-refractivity contribution in [3.05, 3.63) is 41.8 Å². The van der Waals surface area contributed by atoms with Crippen LogP contribution in [-0.2, 0) is 11.2 Å². The number of aryl methyl sites for hydroxylation is 1. The number of likely N-dealkylation sites (tertiary alicyclic amines) is 1. The lowest BCUT2D eigenvalue weighted by molar-refractivity contribution is -0.132. The predicted molar refractivity (Wildman–Crippen MR) is 88.5 cm³/mol. The average Bonchev–Trinajstić information content (AvgIpc) is 3.27. The minimum absolute atomic E-state index is 0.0631. The zero-order valence-electron chi connectivity index (χ0n) is 14.3. The fraction of sp³-hybridized carbons (Fsp3) is 0.500. The molecule has 134 valence electrons. The van der Waals surface area contributed by atoms with Crippen LogP contribution in [-0.4, -0.2) is 34.1 Å². The second kappa shape index (κ2) is 8.09. The molecule has 1 aromatic carbocycles. The molecule has 3 rings (SSSR count). The molecule has 6 nitrogen and oxygen atoms in total. The van der Waals surface area contributed by atoms with E-state index in [9.17, 15) is 9.18 Å². The molecule has 0 spiro atoms. The lowest BCUT2D eigenvalue weighted by atomic mass is 10.2. The van der Waals surface area contributed by atoms with E-state index in [0.29, 0.717) is 49.9 Å². The summed E-state index contributed by atoms with van der Waals surface area (Å²) in [5.74, 6) is 1.40. The molecule has 7 heteroatoms. The summed E-state index contributed by atoms with van der Waals surface area (Å²) < 4.78 is 23.7. The highest BCUT2D eigenvalue weighted by atomic mass is 19.1. The maximum atomic E-state index is 13.1. The lowest BCUT2D eigenvalue weighted by Gasteiger charge is -2.22. The van der Waals surface area contributed by atoms with Crippen molar-refractivity contribution in [3.8, 4) is 5.75 Å². The van der Waals surface area contributed by atoms with E-state index in [4.69, 9.17) is 9.26 Å². The van der Waals surface area contributed by atoms with Gasteiger partial charge in [-0.3, -0.25) is 4.79 Å². The van der Waals surface area contributed by atoms with E-state index in [1.54, 1.807) is 12.1 Å². The maximum Gasteiger partial charge on any atom is 0.226 e. The molecule has 2 aromatic rings. The number of benzene rings is 1. The molecule has 0 N–H and O–H groups in total. The molecule has 1 aromatic heterocycles. The van der Waals surface area contributed by atoms with Gasteiger partial charge in [-0.15, -0.1) is 0 Å². The number of hydrogen-bond acceptors (Lipinski definition) is 5. The monoisotopic (exact) mass is 347 g/mol. The quantitative estimate of drug-likeness (QED) is 0.719. The van der Waals surface area contributed by atoms with Crippen molar-refractivity contribution < 1.29 is 18.4 Å². The second-order valence-electron chi connectivity index (χ2n) is 6.05. The number of carbonyl (C=O) groups excluding carboxylic acids is 1. The summed E-state index contributed by atoms with van der Waals surface area (Å²) in [6, 6.07) is 5.90. The zero-order valence-corrected chi connectivity index (χ0v) is 14.3. The van der Waals surface area contributed by atoms with Crippen LogP contribution in [0.4, 0.5) is 4.39 Å². The number of nitrogens with zero attached hydrogens (tertiary/aromatic N) is 3. The lowest BCUT2D eigenvalue weighted by Crippen LogP contribution is -2.31. The molecule has 1 atom stereocenters. The molecule has 0 aliphatic carbocycles. The van der Waals surface area contributed by atoms with Gasteiger partial charge < -0.3 is 14.2 Å². The summed E-state index contributed by atoms with van der Waals surface area (Å²) in [6.07, 6.45) is 3.43. The van der Waals surface area contributed by atoms with Gasteiger partial charge in [-0.1, -0.05) is 18.1 Å². The van der Waals surface area contributed by atoms with Crippen molar-refractivity contribution in [2.75, 3.05) is 13.2 Å². The number of halogens is 1. The van der Waals surface area contributed by atoms with Crippen LogP contribution in [0.3, 0.4) is 0 Å². The van der Waals surface area contributed by atoms with Gasteiger partial charge in [0, 0.05) is 25.5 Å². The smallest absolute Gasteiger partial charge is 0.226 e. The number of amides is 1. The van der Waals surface area contributed by atoms with Crippen molar-refractivity contribution in [1.82, 2.24) is 15.0 Å². The van der Waals surface area contributed by atoms with E-state index < -0.39 is 0 Å². The Morgan fingerprint density at radius 2 is 2.36 bits per heavy atom. The zero-order chi connectivity index (χ0) is 17.6. The van der Waals surface area contributed by atoms with E-state index in [2.05, 4.69) is 10.1 Å². The van der Waals surface area contributed by atoms with Crippen LogP contribution in [0.2, 0.25) is 0 Å². The Balaban J connectivity index is 1.48. The summed E-state index contributed by atoms with van der Waals surface area (Å²) in [5, 5.41) is 4.01. The minimum atomic E-state index is -0.333. The number of rotatable bonds is 7. The third-order valence-corrected chi connectivity index (χ3v) is 4.26. The molecule has 0 bridgehead atoms. The van der Waals surface area contributed by atoms with Gasteiger partial charge >= 0.3 is 0 Å².